The molecule has 1 atom stereocenters. The summed E-state index contributed by atoms with van der Waals surface area (Å²) in [5.41, 5.74) is 1.29. The molecular weight excluding hydrogens is 238 g/mol. The lowest BCUT2D eigenvalue weighted by atomic mass is 9.96. The van der Waals surface area contributed by atoms with Crippen LogP contribution in [0, 0.1) is 5.92 Å². The Morgan fingerprint density at radius 2 is 1.79 bits per heavy atom. The molecule has 108 valence electrons. The third-order valence-electron chi connectivity index (χ3n) is 3.46. The van der Waals surface area contributed by atoms with Crippen LogP contribution < -0.4 is 14.8 Å². The second-order valence-electron chi connectivity index (χ2n) is 5.14. The molecule has 0 aromatic heterocycles. The average Bonchev–Trinajstić information content (AvgIpc) is 2.42. The second kappa shape index (κ2) is 8.05. The Kier molecular flexibility index (Phi) is 6.71. The van der Waals surface area contributed by atoms with Crippen molar-refractivity contribution in [1.82, 2.24) is 5.32 Å². The minimum Gasteiger partial charge on any atom is -0.493 e. The van der Waals surface area contributed by atoms with Gasteiger partial charge in [-0.1, -0.05) is 26.8 Å². The summed E-state index contributed by atoms with van der Waals surface area (Å²) in [5, 5.41) is 3.55. The van der Waals surface area contributed by atoms with Gasteiger partial charge in [0.1, 0.15) is 0 Å². The van der Waals surface area contributed by atoms with Crippen molar-refractivity contribution in [2.45, 2.75) is 39.7 Å². The number of hydrogen-bond acceptors (Lipinski definition) is 3. The zero-order chi connectivity index (χ0) is 14.3. The predicted molar refractivity (Wildman–Crippen MR) is 80.2 cm³/mol. The maximum absolute atomic E-state index is 5.34. The quantitative estimate of drug-likeness (QED) is 0.782. The van der Waals surface area contributed by atoms with Crippen LogP contribution in [-0.4, -0.2) is 26.8 Å². The Hall–Kier alpha value is -1.22. The number of hydrogen-bond donors (Lipinski definition) is 1. The largest absolute Gasteiger partial charge is 0.493 e. The highest BCUT2D eigenvalue weighted by Crippen LogP contribution is 2.28. The number of methoxy groups -OCH3 is 2. The van der Waals surface area contributed by atoms with E-state index in [9.17, 15) is 0 Å². The molecule has 0 saturated carbocycles. The topological polar surface area (TPSA) is 30.5 Å². The molecule has 3 nitrogen and oxygen atoms in total. The molecule has 1 rings (SSSR count). The molecule has 0 aliphatic carbocycles. The minimum atomic E-state index is 0.568. The molecule has 0 fully saturated rings. The number of aryl methyl sites for hydroxylation is 1. The molecule has 0 radical (unpaired) electrons. The van der Waals surface area contributed by atoms with Gasteiger partial charge in [-0.05, 0) is 43.0 Å². The van der Waals surface area contributed by atoms with Crippen LogP contribution in [-0.2, 0) is 6.42 Å². The van der Waals surface area contributed by atoms with E-state index in [1.165, 1.54) is 5.56 Å². The van der Waals surface area contributed by atoms with E-state index in [4.69, 9.17) is 9.47 Å². The summed E-state index contributed by atoms with van der Waals surface area (Å²) in [6, 6.07) is 6.73. The summed E-state index contributed by atoms with van der Waals surface area (Å²) < 4.78 is 10.6. The molecule has 19 heavy (non-hydrogen) atoms. The van der Waals surface area contributed by atoms with Crippen molar-refractivity contribution >= 4 is 0 Å². The molecule has 0 heterocycles. The molecule has 0 aliphatic rings. The number of benzene rings is 1. The Labute approximate surface area is 117 Å². The first-order valence-corrected chi connectivity index (χ1v) is 7.06. The van der Waals surface area contributed by atoms with Gasteiger partial charge in [0.2, 0.25) is 0 Å². The zero-order valence-corrected chi connectivity index (χ0v) is 12.8. The van der Waals surface area contributed by atoms with Crippen molar-refractivity contribution in [1.29, 1.82) is 0 Å². The summed E-state index contributed by atoms with van der Waals surface area (Å²) in [4.78, 5) is 0. The highest BCUT2D eigenvalue weighted by molar-refractivity contribution is 5.42. The number of rotatable bonds is 8. The SMILES string of the molecule is CCNC(CCc1ccc(OC)c(OC)c1)C(C)C. The van der Waals surface area contributed by atoms with E-state index in [1.54, 1.807) is 14.2 Å². The van der Waals surface area contributed by atoms with Gasteiger partial charge in [0.25, 0.3) is 0 Å². The summed E-state index contributed by atoms with van der Waals surface area (Å²) >= 11 is 0. The maximum atomic E-state index is 5.34. The van der Waals surface area contributed by atoms with E-state index in [-0.39, 0.29) is 0 Å². The fourth-order valence-corrected chi connectivity index (χ4v) is 2.29. The van der Waals surface area contributed by atoms with Gasteiger partial charge in [0, 0.05) is 6.04 Å². The lowest BCUT2D eigenvalue weighted by Gasteiger charge is -2.21. The van der Waals surface area contributed by atoms with Gasteiger partial charge in [-0.2, -0.15) is 0 Å². The molecule has 0 spiro atoms. The third kappa shape index (κ3) is 4.75. The van der Waals surface area contributed by atoms with Crippen molar-refractivity contribution in [3.63, 3.8) is 0 Å². The van der Waals surface area contributed by atoms with Crippen molar-refractivity contribution in [3.8, 4) is 11.5 Å². The van der Waals surface area contributed by atoms with Crippen LogP contribution in [0.15, 0.2) is 18.2 Å². The predicted octanol–water partition coefficient (Wildman–Crippen LogP) is 3.27. The molecule has 1 aromatic rings. The van der Waals surface area contributed by atoms with E-state index in [0.29, 0.717) is 12.0 Å². The Balaban J connectivity index is 2.66. The normalized spacial score (nSPS) is 12.5. The van der Waals surface area contributed by atoms with Crippen molar-refractivity contribution in [3.05, 3.63) is 23.8 Å². The first-order valence-electron chi connectivity index (χ1n) is 7.06. The Bertz CT molecular complexity index is 377. The van der Waals surface area contributed by atoms with E-state index < -0.39 is 0 Å². The maximum Gasteiger partial charge on any atom is 0.160 e. The summed E-state index contributed by atoms with van der Waals surface area (Å²) in [7, 11) is 3.34. The average molecular weight is 265 g/mol. The Morgan fingerprint density at radius 3 is 2.32 bits per heavy atom. The summed E-state index contributed by atoms with van der Waals surface area (Å²) in [6.45, 7) is 7.71. The first kappa shape index (κ1) is 15.8. The summed E-state index contributed by atoms with van der Waals surface area (Å²) in [6.07, 6.45) is 2.19. The highest BCUT2D eigenvalue weighted by atomic mass is 16.5. The standard InChI is InChI=1S/C16H27NO2/c1-6-17-14(12(2)3)9-7-13-8-10-15(18-4)16(11-13)19-5/h8,10-12,14,17H,6-7,9H2,1-5H3. The van der Waals surface area contributed by atoms with E-state index in [0.717, 1.165) is 30.9 Å². The van der Waals surface area contributed by atoms with E-state index >= 15 is 0 Å². The smallest absolute Gasteiger partial charge is 0.160 e. The van der Waals surface area contributed by atoms with Gasteiger partial charge < -0.3 is 14.8 Å². The van der Waals surface area contributed by atoms with Crippen LogP contribution in [0.5, 0.6) is 11.5 Å². The third-order valence-corrected chi connectivity index (χ3v) is 3.46. The Morgan fingerprint density at radius 1 is 1.11 bits per heavy atom. The second-order valence-corrected chi connectivity index (χ2v) is 5.14. The summed E-state index contributed by atoms with van der Waals surface area (Å²) in [5.74, 6) is 2.25. The lowest BCUT2D eigenvalue weighted by Crippen LogP contribution is -2.34. The van der Waals surface area contributed by atoms with Gasteiger partial charge in [0.05, 0.1) is 14.2 Å². The van der Waals surface area contributed by atoms with Crippen molar-refractivity contribution in [2.75, 3.05) is 20.8 Å². The lowest BCUT2D eigenvalue weighted by molar-refractivity contribution is 0.354. The molecule has 0 amide bonds. The highest BCUT2D eigenvalue weighted by Gasteiger charge is 2.12. The molecule has 1 aromatic carbocycles. The fourth-order valence-electron chi connectivity index (χ4n) is 2.29. The molecule has 0 aliphatic heterocycles. The van der Waals surface area contributed by atoms with Gasteiger partial charge in [-0.25, -0.2) is 0 Å². The monoisotopic (exact) mass is 265 g/mol. The van der Waals surface area contributed by atoms with E-state index in [1.807, 2.05) is 6.07 Å². The molecule has 0 bridgehead atoms. The van der Waals surface area contributed by atoms with Crippen LogP contribution in [0.1, 0.15) is 32.8 Å². The molecule has 1 unspecified atom stereocenters. The van der Waals surface area contributed by atoms with Crippen molar-refractivity contribution in [2.24, 2.45) is 5.92 Å². The zero-order valence-electron chi connectivity index (χ0n) is 12.8. The van der Waals surface area contributed by atoms with Crippen molar-refractivity contribution < 1.29 is 9.47 Å². The number of ether oxygens (including phenoxy) is 2. The van der Waals surface area contributed by atoms with Crippen LogP contribution >= 0.6 is 0 Å². The van der Waals surface area contributed by atoms with Crippen LogP contribution in [0.2, 0.25) is 0 Å². The first-order chi connectivity index (χ1) is 9.12. The fraction of sp³-hybridized carbons (Fsp3) is 0.625. The molecular formula is C16H27NO2. The minimum absolute atomic E-state index is 0.568. The van der Waals surface area contributed by atoms with Gasteiger partial charge >= 0.3 is 0 Å². The number of nitrogens with one attached hydrogen (secondary N) is 1. The molecule has 3 heteroatoms. The van der Waals surface area contributed by atoms with E-state index in [2.05, 4.69) is 38.2 Å². The molecule has 1 N–H and O–H groups in total. The van der Waals surface area contributed by atoms with Crippen LogP contribution in [0.25, 0.3) is 0 Å². The van der Waals surface area contributed by atoms with Gasteiger partial charge in [-0.3, -0.25) is 0 Å². The van der Waals surface area contributed by atoms with Gasteiger partial charge in [0.15, 0.2) is 11.5 Å². The van der Waals surface area contributed by atoms with Gasteiger partial charge in [-0.15, -0.1) is 0 Å². The van der Waals surface area contributed by atoms with Crippen LogP contribution in [0.4, 0.5) is 0 Å². The van der Waals surface area contributed by atoms with Crippen LogP contribution in [0.3, 0.4) is 0 Å². The molecule has 0 saturated heterocycles.